The first-order chi connectivity index (χ1) is 8.58. The van der Waals surface area contributed by atoms with Crippen LogP contribution in [0.3, 0.4) is 0 Å². The molecule has 0 spiro atoms. The Morgan fingerprint density at radius 3 is 2.33 bits per heavy atom. The van der Waals surface area contributed by atoms with Gasteiger partial charge >= 0.3 is 0 Å². The lowest BCUT2D eigenvalue weighted by atomic mass is 9.99. The van der Waals surface area contributed by atoms with Gasteiger partial charge in [0.2, 0.25) is 5.91 Å². The third-order valence-corrected chi connectivity index (χ3v) is 3.20. The molecular formula is C13H28N2O3. The molecule has 18 heavy (non-hydrogen) atoms. The second-order valence-corrected chi connectivity index (χ2v) is 4.58. The SMILES string of the molecule is CC[C@H](C)[C@H](N)C(=O)N(CCCOC)CCOC. The summed E-state index contributed by atoms with van der Waals surface area (Å²) in [5.41, 5.74) is 5.98. The Balaban J connectivity index is 4.37. The van der Waals surface area contributed by atoms with Crippen LogP contribution < -0.4 is 5.73 Å². The van der Waals surface area contributed by atoms with Crippen LogP contribution in [0.1, 0.15) is 26.7 Å². The van der Waals surface area contributed by atoms with Crippen molar-refractivity contribution in [2.75, 3.05) is 40.5 Å². The zero-order valence-electron chi connectivity index (χ0n) is 12.1. The normalized spacial score (nSPS) is 14.3. The summed E-state index contributed by atoms with van der Waals surface area (Å²) < 4.78 is 10.0. The molecule has 1 amide bonds. The number of carbonyl (C=O) groups excluding carboxylic acids is 1. The van der Waals surface area contributed by atoms with E-state index in [9.17, 15) is 4.79 Å². The summed E-state index contributed by atoms with van der Waals surface area (Å²) >= 11 is 0. The molecule has 0 aliphatic heterocycles. The van der Waals surface area contributed by atoms with Gasteiger partial charge in [0.05, 0.1) is 12.6 Å². The van der Waals surface area contributed by atoms with E-state index in [2.05, 4.69) is 0 Å². The number of carbonyl (C=O) groups is 1. The summed E-state index contributed by atoms with van der Waals surface area (Å²) in [6, 6.07) is -0.422. The van der Waals surface area contributed by atoms with Crippen molar-refractivity contribution < 1.29 is 14.3 Å². The molecule has 0 saturated carbocycles. The summed E-state index contributed by atoms with van der Waals surface area (Å²) in [4.78, 5) is 14.0. The molecule has 2 atom stereocenters. The van der Waals surface area contributed by atoms with E-state index in [1.165, 1.54) is 0 Å². The minimum Gasteiger partial charge on any atom is -0.385 e. The molecule has 0 aliphatic rings. The van der Waals surface area contributed by atoms with Gasteiger partial charge in [-0.25, -0.2) is 0 Å². The lowest BCUT2D eigenvalue weighted by molar-refractivity contribution is -0.134. The number of nitrogens with two attached hydrogens (primary N) is 1. The Morgan fingerprint density at radius 1 is 1.22 bits per heavy atom. The van der Waals surface area contributed by atoms with Gasteiger partial charge in [0, 0.05) is 33.9 Å². The number of hydrogen-bond acceptors (Lipinski definition) is 4. The van der Waals surface area contributed by atoms with Gasteiger partial charge in [-0.05, 0) is 12.3 Å². The Morgan fingerprint density at radius 2 is 1.83 bits per heavy atom. The van der Waals surface area contributed by atoms with Crippen LogP contribution in [0.15, 0.2) is 0 Å². The van der Waals surface area contributed by atoms with Crippen LogP contribution in [0.5, 0.6) is 0 Å². The van der Waals surface area contributed by atoms with Crippen LogP contribution in [-0.2, 0) is 14.3 Å². The number of rotatable bonds is 10. The highest BCUT2D eigenvalue weighted by molar-refractivity contribution is 5.81. The van der Waals surface area contributed by atoms with Crippen molar-refractivity contribution in [2.45, 2.75) is 32.7 Å². The molecule has 5 heteroatoms. The number of hydrogen-bond donors (Lipinski definition) is 1. The van der Waals surface area contributed by atoms with E-state index < -0.39 is 6.04 Å². The molecule has 0 aromatic carbocycles. The second-order valence-electron chi connectivity index (χ2n) is 4.58. The van der Waals surface area contributed by atoms with Crippen LogP contribution in [0.4, 0.5) is 0 Å². The summed E-state index contributed by atoms with van der Waals surface area (Å²) in [6.07, 6.45) is 1.72. The van der Waals surface area contributed by atoms with Crippen molar-refractivity contribution in [2.24, 2.45) is 11.7 Å². The van der Waals surface area contributed by atoms with Crippen LogP contribution >= 0.6 is 0 Å². The largest absolute Gasteiger partial charge is 0.385 e. The third kappa shape index (κ3) is 6.33. The molecule has 2 N–H and O–H groups in total. The maximum absolute atomic E-state index is 12.2. The van der Waals surface area contributed by atoms with Gasteiger partial charge in [-0.3, -0.25) is 4.79 Å². The third-order valence-electron chi connectivity index (χ3n) is 3.20. The Bertz CT molecular complexity index is 224. The monoisotopic (exact) mass is 260 g/mol. The predicted molar refractivity (Wildman–Crippen MR) is 72.4 cm³/mol. The minimum atomic E-state index is -0.422. The average Bonchev–Trinajstić information content (AvgIpc) is 2.40. The van der Waals surface area contributed by atoms with Gasteiger partial charge in [0.15, 0.2) is 0 Å². The lowest BCUT2D eigenvalue weighted by Crippen LogP contribution is -2.48. The highest BCUT2D eigenvalue weighted by atomic mass is 16.5. The molecule has 0 bridgehead atoms. The molecule has 0 radical (unpaired) electrons. The first kappa shape index (κ1) is 17.4. The van der Waals surface area contributed by atoms with Gasteiger partial charge in [-0.2, -0.15) is 0 Å². The fourth-order valence-corrected chi connectivity index (χ4v) is 1.64. The molecule has 5 nitrogen and oxygen atoms in total. The van der Waals surface area contributed by atoms with Crippen molar-refractivity contribution in [3.8, 4) is 0 Å². The molecule has 0 rings (SSSR count). The zero-order valence-corrected chi connectivity index (χ0v) is 12.1. The summed E-state index contributed by atoms with van der Waals surface area (Å²) in [6.45, 7) is 6.49. The van der Waals surface area contributed by atoms with E-state index in [1.807, 2.05) is 13.8 Å². The second kappa shape index (κ2) is 10.3. The molecule has 0 unspecified atom stereocenters. The fraction of sp³-hybridized carbons (Fsp3) is 0.923. The minimum absolute atomic E-state index is 0.0116. The standard InChI is InChI=1S/C13H28N2O3/c1-5-11(2)12(14)13(16)15(8-10-18-4)7-6-9-17-3/h11-12H,5-10,14H2,1-4H3/t11-,12-/m0/s1. The Labute approximate surface area is 111 Å². The number of nitrogens with zero attached hydrogens (tertiary/aromatic N) is 1. The Hall–Kier alpha value is -0.650. The molecule has 0 fully saturated rings. The van der Waals surface area contributed by atoms with Crippen molar-refractivity contribution in [3.05, 3.63) is 0 Å². The van der Waals surface area contributed by atoms with Gasteiger partial charge in [-0.1, -0.05) is 20.3 Å². The first-order valence-corrected chi connectivity index (χ1v) is 6.60. The molecule has 0 aliphatic carbocycles. The summed E-state index contributed by atoms with van der Waals surface area (Å²) in [5.74, 6) is 0.211. The topological polar surface area (TPSA) is 64.8 Å². The molecule has 0 aromatic rings. The van der Waals surface area contributed by atoms with Crippen LogP contribution in [0.2, 0.25) is 0 Å². The average molecular weight is 260 g/mol. The maximum atomic E-state index is 12.2. The maximum Gasteiger partial charge on any atom is 0.239 e. The van der Waals surface area contributed by atoms with Crippen molar-refractivity contribution in [3.63, 3.8) is 0 Å². The van der Waals surface area contributed by atoms with E-state index in [1.54, 1.807) is 19.1 Å². The lowest BCUT2D eigenvalue weighted by Gasteiger charge is -2.27. The van der Waals surface area contributed by atoms with Crippen LogP contribution in [0, 0.1) is 5.92 Å². The predicted octanol–water partition coefficient (Wildman–Crippen LogP) is 0.871. The van der Waals surface area contributed by atoms with E-state index in [-0.39, 0.29) is 11.8 Å². The fourth-order valence-electron chi connectivity index (χ4n) is 1.64. The van der Waals surface area contributed by atoms with E-state index >= 15 is 0 Å². The highest BCUT2D eigenvalue weighted by Crippen LogP contribution is 2.09. The van der Waals surface area contributed by atoms with Crippen molar-refractivity contribution in [1.82, 2.24) is 4.90 Å². The van der Waals surface area contributed by atoms with Gasteiger partial charge in [0.25, 0.3) is 0 Å². The van der Waals surface area contributed by atoms with Crippen LogP contribution in [0.25, 0.3) is 0 Å². The molecule has 0 saturated heterocycles. The number of ether oxygens (including phenoxy) is 2. The van der Waals surface area contributed by atoms with Gasteiger partial charge < -0.3 is 20.1 Å². The molecule has 0 heterocycles. The zero-order chi connectivity index (χ0) is 14.0. The van der Waals surface area contributed by atoms with E-state index in [0.717, 1.165) is 12.8 Å². The quantitative estimate of drug-likeness (QED) is 0.592. The molecule has 0 aromatic heterocycles. The first-order valence-electron chi connectivity index (χ1n) is 6.60. The van der Waals surface area contributed by atoms with Crippen molar-refractivity contribution in [1.29, 1.82) is 0 Å². The van der Waals surface area contributed by atoms with Gasteiger partial charge in [-0.15, -0.1) is 0 Å². The van der Waals surface area contributed by atoms with E-state index in [0.29, 0.717) is 26.3 Å². The Kier molecular flexibility index (Phi) is 9.92. The smallest absolute Gasteiger partial charge is 0.239 e. The van der Waals surface area contributed by atoms with Gasteiger partial charge in [0.1, 0.15) is 0 Å². The van der Waals surface area contributed by atoms with Crippen molar-refractivity contribution >= 4 is 5.91 Å². The highest BCUT2D eigenvalue weighted by Gasteiger charge is 2.24. The summed E-state index contributed by atoms with van der Waals surface area (Å²) in [7, 11) is 3.29. The molecular weight excluding hydrogens is 232 g/mol. The number of amides is 1. The number of methoxy groups -OCH3 is 2. The van der Waals surface area contributed by atoms with E-state index in [4.69, 9.17) is 15.2 Å². The van der Waals surface area contributed by atoms with Crippen LogP contribution in [-0.4, -0.2) is 57.4 Å². The molecule has 108 valence electrons. The summed E-state index contributed by atoms with van der Waals surface area (Å²) in [5, 5.41) is 0.